The van der Waals surface area contributed by atoms with E-state index in [0.717, 1.165) is 49.1 Å². The summed E-state index contributed by atoms with van der Waals surface area (Å²) in [6, 6.07) is 5.19. The van der Waals surface area contributed by atoms with Crippen LogP contribution < -0.4 is 16.4 Å². The smallest absolute Gasteiger partial charge is 0.270 e. The number of amides is 2. The fourth-order valence-electron chi connectivity index (χ4n) is 3.73. The van der Waals surface area contributed by atoms with E-state index in [1.54, 1.807) is 15.9 Å². The van der Waals surface area contributed by atoms with Crippen molar-refractivity contribution in [2.45, 2.75) is 44.3 Å². The summed E-state index contributed by atoms with van der Waals surface area (Å²) in [5, 5.41) is 12.0. The molecule has 0 bridgehead atoms. The Hall–Kier alpha value is -3.25. The van der Waals surface area contributed by atoms with E-state index in [4.69, 9.17) is 0 Å². The van der Waals surface area contributed by atoms with E-state index in [1.807, 2.05) is 6.92 Å². The molecule has 10 nitrogen and oxygen atoms in total. The Morgan fingerprint density at radius 3 is 2.82 bits per heavy atom. The van der Waals surface area contributed by atoms with Crippen LogP contribution in [0.5, 0.6) is 0 Å². The van der Waals surface area contributed by atoms with Gasteiger partial charge in [0.1, 0.15) is 4.83 Å². The van der Waals surface area contributed by atoms with Crippen molar-refractivity contribution in [3.8, 4) is 0 Å². The number of hydrogen-bond acceptors (Lipinski definition) is 8. The molecular weight excluding hydrogens is 466 g/mol. The summed E-state index contributed by atoms with van der Waals surface area (Å²) in [6.07, 6.45) is 4.06. The van der Waals surface area contributed by atoms with Gasteiger partial charge in [-0.25, -0.2) is 4.98 Å². The number of aryl methyl sites for hydroxylation is 2. The molecule has 2 aromatic heterocycles. The van der Waals surface area contributed by atoms with Gasteiger partial charge in [-0.2, -0.15) is 0 Å². The average molecular weight is 488 g/mol. The summed E-state index contributed by atoms with van der Waals surface area (Å²) < 4.78 is 1.57. The second-order valence-electron chi connectivity index (χ2n) is 7.43. The number of hydrogen-bond donors (Lipinski definition) is 2. The Labute approximate surface area is 196 Å². The van der Waals surface area contributed by atoms with Crippen LogP contribution in [-0.4, -0.2) is 32.0 Å². The first-order valence-electron chi connectivity index (χ1n) is 10.4. The molecule has 1 aromatic carbocycles. The van der Waals surface area contributed by atoms with Crippen LogP contribution in [0.25, 0.3) is 10.2 Å². The maximum atomic E-state index is 13.1. The number of nitrogens with zero attached hydrogens (tertiary/aromatic N) is 3. The number of nitro benzene ring substituents is 1. The van der Waals surface area contributed by atoms with Crippen molar-refractivity contribution in [3.05, 3.63) is 60.7 Å². The molecule has 0 radical (unpaired) electrons. The Morgan fingerprint density at radius 1 is 1.27 bits per heavy atom. The summed E-state index contributed by atoms with van der Waals surface area (Å²) in [6.45, 7) is 2.29. The van der Waals surface area contributed by atoms with Crippen molar-refractivity contribution in [2.24, 2.45) is 0 Å². The molecule has 2 amide bonds. The summed E-state index contributed by atoms with van der Waals surface area (Å²) in [5.41, 5.74) is 5.40. The maximum Gasteiger partial charge on any atom is 0.270 e. The van der Waals surface area contributed by atoms with Gasteiger partial charge in [0.25, 0.3) is 17.2 Å². The Balaban J connectivity index is 1.43. The predicted octanol–water partition coefficient (Wildman–Crippen LogP) is 2.82. The zero-order chi connectivity index (χ0) is 23.5. The number of thiophene rings is 1. The number of nitrogens with one attached hydrogen (secondary N) is 2. The molecule has 1 aliphatic carbocycles. The van der Waals surface area contributed by atoms with Gasteiger partial charge in [-0.1, -0.05) is 17.8 Å². The highest BCUT2D eigenvalue weighted by atomic mass is 32.2. The van der Waals surface area contributed by atoms with E-state index in [1.165, 1.54) is 23.1 Å². The maximum absolute atomic E-state index is 13.1. The molecule has 3 aromatic rings. The Morgan fingerprint density at radius 2 is 2.06 bits per heavy atom. The van der Waals surface area contributed by atoms with E-state index in [2.05, 4.69) is 15.8 Å². The fraction of sp³-hybridized carbons (Fsp3) is 0.333. The zero-order valence-corrected chi connectivity index (χ0v) is 19.4. The third kappa shape index (κ3) is 4.76. The Kier molecular flexibility index (Phi) is 6.75. The van der Waals surface area contributed by atoms with Gasteiger partial charge in [-0.15, -0.1) is 11.3 Å². The number of rotatable bonds is 6. The van der Waals surface area contributed by atoms with Crippen LogP contribution in [0.15, 0.2) is 34.2 Å². The van der Waals surface area contributed by atoms with E-state index >= 15 is 0 Å². The SMILES string of the molecule is CCn1c(SCC(=O)NNC(=O)c2cccc([N+](=O)[O-])c2)nc2sc3c(c2c1=O)CCCC3. The third-order valence-electron chi connectivity index (χ3n) is 5.32. The van der Waals surface area contributed by atoms with Crippen molar-refractivity contribution in [1.29, 1.82) is 0 Å². The molecule has 172 valence electrons. The second kappa shape index (κ2) is 9.71. The van der Waals surface area contributed by atoms with Crippen molar-refractivity contribution < 1.29 is 14.5 Å². The number of hydrazine groups is 1. The van der Waals surface area contributed by atoms with E-state index < -0.39 is 16.7 Å². The van der Waals surface area contributed by atoms with E-state index in [-0.39, 0.29) is 22.6 Å². The van der Waals surface area contributed by atoms with Crippen molar-refractivity contribution >= 4 is 50.8 Å². The molecule has 0 saturated carbocycles. The van der Waals surface area contributed by atoms with Gasteiger partial charge in [-0.3, -0.25) is 39.9 Å². The average Bonchev–Trinajstić information content (AvgIpc) is 3.20. The Bertz CT molecular complexity index is 1320. The van der Waals surface area contributed by atoms with Gasteiger partial charge < -0.3 is 0 Å². The largest absolute Gasteiger partial charge is 0.287 e. The van der Waals surface area contributed by atoms with Crippen LogP contribution in [0.3, 0.4) is 0 Å². The molecule has 0 aliphatic heterocycles. The molecule has 0 saturated heterocycles. The molecule has 4 rings (SSSR count). The first-order chi connectivity index (χ1) is 15.9. The van der Waals surface area contributed by atoms with Crippen LogP contribution in [0.2, 0.25) is 0 Å². The lowest BCUT2D eigenvalue weighted by atomic mass is 9.97. The summed E-state index contributed by atoms with van der Waals surface area (Å²) in [7, 11) is 0. The number of carbonyl (C=O) groups is 2. The highest BCUT2D eigenvalue weighted by Gasteiger charge is 2.22. The second-order valence-corrected chi connectivity index (χ2v) is 9.46. The van der Waals surface area contributed by atoms with E-state index in [9.17, 15) is 24.5 Å². The summed E-state index contributed by atoms with van der Waals surface area (Å²) >= 11 is 2.67. The van der Waals surface area contributed by atoms with Crippen LogP contribution >= 0.6 is 23.1 Å². The number of nitro groups is 1. The minimum Gasteiger partial charge on any atom is -0.287 e. The molecule has 2 heterocycles. The molecule has 0 atom stereocenters. The standard InChI is InChI=1S/C21H21N5O5S2/c1-2-25-20(29)17-14-8-3-4-9-15(14)33-19(17)22-21(25)32-11-16(27)23-24-18(28)12-6-5-7-13(10-12)26(30)31/h5-7,10H,2-4,8-9,11H2,1H3,(H,23,27)(H,24,28). The molecule has 1 aliphatic rings. The quantitative estimate of drug-likeness (QED) is 0.236. The lowest BCUT2D eigenvalue weighted by Gasteiger charge is -2.12. The van der Waals surface area contributed by atoms with Gasteiger partial charge in [-0.05, 0) is 44.2 Å². The summed E-state index contributed by atoms with van der Waals surface area (Å²) in [5.74, 6) is -1.24. The molecule has 0 fully saturated rings. The van der Waals surface area contributed by atoms with Crippen molar-refractivity contribution in [3.63, 3.8) is 0 Å². The molecule has 2 N–H and O–H groups in total. The lowest BCUT2D eigenvalue weighted by molar-refractivity contribution is -0.384. The predicted molar refractivity (Wildman–Crippen MR) is 126 cm³/mol. The van der Waals surface area contributed by atoms with Gasteiger partial charge in [0, 0.05) is 29.1 Å². The van der Waals surface area contributed by atoms with Crippen LogP contribution in [0.4, 0.5) is 5.69 Å². The van der Waals surface area contributed by atoms with Gasteiger partial charge in [0.15, 0.2) is 5.16 Å². The monoisotopic (exact) mass is 487 g/mol. The highest BCUT2D eigenvalue weighted by molar-refractivity contribution is 7.99. The van der Waals surface area contributed by atoms with Crippen LogP contribution in [0.1, 0.15) is 40.6 Å². The number of non-ortho nitro benzene ring substituents is 1. The molecular formula is C21H21N5O5S2. The van der Waals surface area contributed by atoms with Gasteiger partial charge >= 0.3 is 0 Å². The minimum atomic E-state index is -0.675. The molecule has 0 spiro atoms. The van der Waals surface area contributed by atoms with Crippen LogP contribution in [-0.2, 0) is 24.2 Å². The normalized spacial score (nSPS) is 12.9. The number of thioether (sulfide) groups is 1. The van der Waals surface area contributed by atoms with Gasteiger partial charge in [0.05, 0.1) is 16.1 Å². The molecule has 12 heteroatoms. The first kappa shape index (κ1) is 22.9. The molecule has 33 heavy (non-hydrogen) atoms. The third-order valence-corrected chi connectivity index (χ3v) is 7.49. The number of benzene rings is 1. The number of aromatic nitrogens is 2. The topological polar surface area (TPSA) is 136 Å². The van der Waals surface area contributed by atoms with Crippen molar-refractivity contribution in [1.82, 2.24) is 20.4 Å². The summed E-state index contributed by atoms with van der Waals surface area (Å²) in [4.78, 5) is 54.4. The first-order valence-corrected chi connectivity index (χ1v) is 12.2. The number of carbonyl (C=O) groups excluding carboxylic acids is 2. The molecule has 0 unspecified atom stereocenters. The van der Waals surface area contributed by atoms with Gasteiger partial charge in [0.2, 0.25) is 5.91 Å². The number of fused-ring (bicyclic) bond motifs is 3. The highest BCUT2D eigenvalue weighted by Crippen LogP contribution is 2.34. The van der Waals surface area contributed by atoms with Crippen molar-refractivity contribution in [2.75, 3.05) is 5.75 Å². The van der Waals surface area contributed by atoms with Crippen LogP contribution in [0, 0.1) is 10.1 Å². The minimum absolute atomic E-state index is 0.0470. The fourth-order valence-corrected chi connectivity index (χ4v) is 5.90. The zero-order valence-electron chi connectivity index (χ0n) is 17.8. The van der Waals surface area contributed by atoms with E-state index in [0.29, 0.717) is 21.9 Å². The lowest BCUT2D eigenvalue weighted by Crippen LogP contribution is -2.42.